The first kappa shape index (κ1) is 36.5. The molecule has 0 aromatic carbocycles. The van der Waals surface area contributed by atoms with Crippen LogP contribution in [-0.2, 0) is 9.47 Å². The van der Waals surface area contributed by atoms with Crippen molar-refractivity contribution in [2.24, 2.45) is 59.2 Å². The third kappa shape index (κ3) is 6.26. The summed E-state index contributed by atoms with van der Waals surface area (Å²) < 4.78 is 167. The van der Waals surface area contributed by atoms with Crippen LogP contribution >= 0.6 is 0 Å². The van der Waals surface area contributed by atoms with Gasteiger partial charge in [0.15, 0.2) is 0 Å². The summed E-state index contributed by atoms with van der Waals surface area (Å²) in [5.74, 6) is 0.287. The standard InChI is InChI=1S/C15H22F6O.C14H20F6O/c1-4-22-13(14(16,17)18,15(19,20)21)7-11-5-10-6-12(11)9(3)8(10)2;1-7-8(2)11-5-9(7)4-10(11)6-12(21-3,13(15,16)17)14(18,19)20/h8-12H,4-7H2,1-3H3;7-11H,4-6H2,1-3H3. The first-order chi connectivity index (χ1) is 19.4. The van der Waals surface area contributed by atoms with Gasteiger partial charge in [0.25, 0.3) is 11.2 Å². The predicted octanol–water partition coefficient (Wildman–Crippen LogP) is 10.0. The Kier molecular flexibility index (Phi) is 10.2. The molecule has 4 aliphatic carbocycles. The smallest absolute Gasteiger partial charge is 0.361 e. The molecule has 0 amide bonds. The zero-order valence-corrected chi connectivity index (χ0v) is 25.1. The first-order valence-corrected chi connectivity index (χ1v) is 14.8. The van der Waals surface area contributed by atoms with Crippen LogP contribution in [0.25, 0.3) is 0 Å². The molecule has 2 nitrogen and oxygen atoms in total. The Balaban J connectivity index is 0.000000236. The van der Waals surface area contributed by atoms with E-state index < -0.39 is 67.2 Å². The Hall–Kier alpha value is -0.920. The second-order valence-electron chi connectivity index (χ2n) is 13.4. The summed E-state index contributed by atoms with van der Waals surface area (Å²) in [4.78, 5) is 0. The van der Waals surface area contributed by atoms with Gasteiger partial charge in [-0.3, -0.25) is 0 Å². The van der Waals surface area contributed by atoms with Gasteiger partial charge in [-0.1, -0.05) is 27.7 Å². The van der Waals surface area contributed by atoms with Crippen molar-refractivity contribution in [1.82, 2.24) is 0 Å². The number of halogens is 12. The lowest BCUT2D eigenvalue weighted by Crippen LogP contribution is -2.60. The van der Waals surface area contributed by atoms with Crippen molar-refractivity contribution >= 4 is 0 Å². The van der Waals surface area contributed by atoms with Crippen molar-refractivity contribution in [2.45, 2.75) is 109 Å². The van der Waals surface area contributed by atoms with Gasteiger partial charge in [0, 0.05) is 13.7 Å². The lowest BCUT2D eigenvalue weighted by Gasteiger charge is -2.41. The molecule has 0 heterocycles. The van der Waals surface area contributed by atoms with Crippen molar-refractivity contribution < 1.29 is 62.2 Å². The molecule has 0 N–H and O–H groups in total. The van der Waals surface area contributed by atoms with E-state index in [2.05, 4.69) is 9.47 Å². The highest BCUT2D eigenvalue weighted by molar-refractivity contribution is 5.05. The van der Waals surface area contributed by atoms with Gasteiger partial charge in [-0.25, -0.2) is 0 Å². The maximum Gasteiger partial charge on any atom is 0.426 e. The monoisotopic (exact) mass is 650 g/mol. The lowest BCUT2D eigenvalue weighted by atomic mass is 9.71. The summed E-state index contributed by atoms with van der Waals surface area (Å²) in [7, 11) is 0.500. The molecule has 4 saturated carbocycles. The van der Waals surface area contributed by atoms with Crippen LogP contribution in [-0.4, -0.2) is 49.6 Å². The highest BCUT2D eigenvalue weighted by atomic mass is 19.4. The number of ether oxygens (including phenoxy) is 2. The molecule has 4 bridgehead atoms. The fourth-order valence-electron chi connectivity index (χ4n) is 8.96. The Bertz CT molecular complexity index is 908. The second-order valence-corrected chi connectivity index (χ2v) is 13.4. The number of hydrogen-bond donors (Lipinski definition) is 0. The first-order valence-electron chi connectivity index (χ1n) is 14.8. The molecule has 4 fully saturated rings. The molecule has 43 heavy (non-hydrogen) atoms. The van der Waals surface area contributed by atoms with Crippen LogP contribution in [0.3, 0.4) is 0 Å². The predicted molar refractivity (Wildman–Crippen MR) is 134 cm³/mol. The minimum Gasteiger partial charge on any atom is -0.361 e. The van der Waals surface area contributed by atoms with Gasteiger partial charge >= 0.3 is 24.7 Å². The third-order valence-electron chi connectivity index (χ3n) is 11.7. The minimum absolute atomic E-state index is 0.0652. The van der Waals surface area contributed by atoms with Crippen LogP contribution < -0.4 is 0 Å². The molecule has 0 saturated heterocycles. The maximum atomic E-state index is 13.3. The SMILES string of the molecule is CCOC(CC1CC2CC1C(C)C2C)(C(F)(F)F)C(F)(F)F.COC(CC1CC2CC1C(C)C2C)(C(F)(F)F)C(F)(F)F. The second kappa shape index (κ2) is 12.0. The summed E-state index contributed by atoms with van der Waals surface area (Å²) in [6.07, 6.45) is -21.5. The molecule has 0 spiro atoms. The molecule has 0 radical (unpaired) electrons. The van der Waals surface area contributed by atoms with Crippen LogP contribution in [0.2, 0.25) is 0 Å². The number of rotatable bonds is 7. The van der Waals surface area contributed by atoms with Gasteiger partial charge < -0.3 is 9.47 Å². The molecule has 0 aliphatic heterocycles. The van der Waals surface area contributed by atoms with Crippen LogP contribution in [0.5, 0.6) is 0 Å². The van der Waals surface area contributed by atoms with Gasteiger partial charge in [0.2, 0.25) is 0 Å². The molecule has 10 unspecified atom stereocenters. The molecule has 4 aliphatic rings. The quantitative estimate of drug-likeness (QED) is 0.256. The van der Waals surface area contributed by atoms with Crippen LogP contribution in [0, 0.1) is 59.2 Å². The van der Waals surface area contributed by atoms with E-state index in [9.17, 15) is 52.7 Å². The van der Waals surface area contributed by atoms with Crippen molar-refractivity contribution in [3.8, 4) is 0 Å². The number of fused-ring (bicyclic) bond motifs is 4. The van der Waals surface area contributed by atoms with E-state index in [1.165, 1.54) is 0 Å². The fraction of sp³-hybridized carbons (Fsp3) is 1.00. The summed E-state index contributed by atoms with van der Waals surface area (Å²) in [6.45, 7) is 8.48. The van der Waals surface area contributed by atoms with E-state index >= 15 is 0 Å². The van der Waals surface area contributed by atoms with E-state index in [4.69, 9.17) is 0 Å². The average Bonchev–Trinajstić information content (AvgIpc) is 3.58. The van der Waals surface area contributed by atoms with E-state index in [-0.39, 0.29) is 35.5 Å². The van der Waals surface area contributed by atoms with Gasteiger partial charge in [0.1, 0.15) is 0 Å². The van der Waals surface area contributed by atoms with E-state index in [0.29, 0.717) is 31.8 Å². The van der Waals surface area contributed by atoms with Crippen LogP contribution in [0.1, 0.15) is 73.1 Å². The minimum atomic E-state index is -5.46. The zero-order chi connectivity index (χ0) is 33.1. The number of hydrogen-bond acceptors (Lipinski definition) is 2. The summed E-state index contributed by atoms with van der Waals surface area (Å²) >= 11 is 0. The molecular formula is C29H42F12O2. The Morgan fingerprint density at radius 1 is 0.512 bits per heavy atom. The van der Waals surface area contributed by atoms with E-state index in [1.54, 1.807) is 0 Å². The summed E-state index contributed by atoms with van der Waals surface area (Å²) in [5, 5.41) is 0. The van der Waals surface area contributed by atoms with E-state index in [0.717, 1.165) is 19.8 Å². The lowest BCUT2D eigenvalue weighted by molar-refractivity contribution is -0.385. The Labute approximate surface area is 244 Å². The van der Waals surface area contributed by atoms with Crippen LogP contribution in [0.4, 0.5) is 52.7 Å². The number of methoxy groups -OCH3 is 1. The zero-order valence-electron chi connectivity index (χ0n) is 25.1. The van der Waals surface area contributed by atoms with E-state index in [1.807, 2.05) is 27.7 Å². The molecule has 0 aromatic heterocycles. The fourth-order valence-corrected chi connectivity index (χ4v) is 8.96. The summed E-state index contributed by atoms with van der Waals surface area (Å²) in [5.41, 5.74) is -8.08. The average molecular weight is 651 g/mol. The van der Waals surface area contributed by atoms with Gasteiger partial charge in [-0.05, 0) is 105 Å². The highest BCUT2D eigenvalue weighted by Gasteiger charge is 2.74. The van der Waals surface area contributed by atoms with Crippen LogP contribution in [0.15, 0.2) is 0 Å². The topological polar surface area (TPSA) is 18.5 Å². The summed E-state index contributed by atoms with van der Waals surface area (Å²) in [6, 6.07) is 0. The highest BCUT2D eigenvalue weighted by Crippen LogP contribution is 2.61. The van der Waals surface area contributed by atoms with Crippen molar-refractivity contribution in [3.63, 3.8) is 0 Å². The molecule has 254 valence electrons. The number of alkyl halides is 12. The maximum absolute atomic E-state index is 13.3. The Morgan fingerprint density at radius 3 is 1.07 bits per heavy atom. The largest absolute Gasteiger partial charge is 0.426 e. The van der Waals surface area contributed by atoms with Crippen molar-refractivity contribution in [2.75, 3.05) is 13.7 Å². The molecule has 0 aromatic rings. The van der Waals surface area contributed by atoms with Crippen molar-refractivity contribution in [1.29, 1.82) is 0 Å². The van der Waals surface area contributed by atoms with Gasteiger partial charge in [-0.15, -0.1) is 0 Å². The van der Waals surface area contributed by atoms with Gasteiger partial charge in [0.05, 0.1) is 0 Å². The molecule has 4 rings (SSSR count). The third-order valence-corrected chi connectivity index (χ3v) is 11.7. The van der Waals surface area contributed by atoms with Crippen molar-refractivity contribution in [3.05, 3.63) is 0 Å². The molecular weight excluding hydrogens is 608 g/mol. The normalized spacial score (nSPS) is 36.7. The molecule has 14 heteroatoms. The van der Waals surface area contributed by atoms with Gasteiger partial charge in [-0.2, -0.15) is 52.7 Å². The Morgan fingerprint density at radius 2 is 0.837 bits per heavy atom. The molecule has 10 atom stereocenters.